The molecule has 234 valence electrons. The molecular weight excluding hydrogens is 585 g/mol. The molecule has 13 heteroatoms. The molecule has 0 radical (unpaired) electrons. The average molecular weight is 619 g/mol. The van der Waals surface area contributed by atoms with Crippen molar-refractivity contribution >= 4 is 34.7 Å². The minimum absolute atomic E-state index is 0.000510. The normalized spacial score (nSPS) is 16.1. The van der Waals surface area contributed by atoms with E-state index in [0.717, 1.165) is 42.0 Å². The maximum Gasteiger partial charge on any atom is 0.389 e. The maximum atomic E-state index is 13.1. The van der Waals surface area contributed by atoms with Crippen LogP contribution in [-0.4, -0.2) is 91.5 Å². The summed E-state index contributed by atoms with van der Waals surface area (Å²) in [4.78, 5) is 39.9. The first kappa shape index (κ1) is 30.3. The van der Waals surface area contributed by atoms with Gasteiger partial charge in [-0.2, -0.15) is 18.2 Å². The molecule has 4 aromatic rings. The van der Waals surface area contributed by atoms with E-state index in [0.29, 0.717) is 43.2 Å². The number of halogens is 3. The summed E-state index contributed by atoms with van der Waals surface area (Å²) in [5.74, 6) is -0.118. The quantitative estimate of drug-likeness (QED) is 0.304. The van der Waals surface area contributed by atoms with Crippen molar-refractivity contribution in [1.29, 1.82) is 0 Å². The van der Waals surface area contributed by atoms with E-state index in [1.807, 2.05) is 47.5 Å². The van der Waals surface area contributed by atoms with Gasteiger partial charge in [0.25, 0.3) is 5.91 Å². The lowest BCUT2D eigenvalue weighted by atomic mass is 10.00. The number of aromatic nitrogens is 4. The van der Waals surface area contributed by atoms with Gasteiger partial charge in [0.1, 0.15) is 0 Å². The van der Waals surface area contributed by atoms with E-state index in [2.05, 4.69) is 31.3 Å². The highest BCUT2D eigenvalue weighted by Crippen LogP contribution is 2.28. The minimum Gasteiger partial charge on any atom is -0.339 e. The molecule has 2 aliphatic heterocycles. The Morgan fingerprint density at radius 2 is 1.73 bits per heavy atom. The van der Waals surface area contributed by atoms with Crippen LogP contribution in [0.25, 0.3) is 11.2 Å². The largest absolute Gasteiger partial charge is 0.389 e. The van der Waals surface area contributed by atoms with Crippen molar-refractivity contribution in [2.24, 2.45) is 0 Å². The monoisotopic (exact) mass is 618 g/mol. The molecule has 1 fully saturated rings. The van der Waals surface area contributed by atoms with Gasteiger partial charge >= 0.3 is 6.18 Å². The fourth-order valence-electron chi connectivity index (χ4n) is 5.62. The SMILES string of the molecule is O=C(CCC(F)(F)F)N1CC=C(c2cccn3nc(Nc4ccc(C(=O)N5CCN(Cc6cccnc6)CC5)cc4)nc23)CC1. The molecule has 0 aliphatic carbocycles. The third-order valence-corrected chi connectivity index (χ3v) is 8.07. The number of rotatable bonds is 8. The molecule has 0 atom stereocenters. The molecular formula is C32H33F3N8O2. The molecule has 3 aromatic heterocycles. The van der Waals surface area contributed by atoms with Gasteiger partial charge in [0.05, 0.1) is 6.42 Å². The van der Waals surface area contributed by atoms with Gasteiger partial charge in [-0.25, -0.2) is 4.52 Å². The Bertz CT molecular complexity index is 1680. The number of nitrogens with one attached hydrogen (secondary N) is 1. The van der Waals surface area contributed by atoms with Gasteiger partial charge in [-0.1, -0.05) is 12.1 Å². The second-order valence-corrected chi connectivity index (χ2v) is 11.2. The molecule has 0 bridgehead atoms. The number of nitrogens with zero attached hydrogens (tertiary/aromatic N) is 7. The molecule has 1 saturated heterocycles. The summed E-state index contributed by atoms with van der Waals surface area (Å²) in [5, 5.41) is 7.74. The van der Waals surface area contributed by atoms with E-state index in [4.69, 9.17) is 0 Å². The van der Waals surface area contributed by atoms with Gasteiger partial charge in [-0.15, -0.1) is 5.10 Å². The van der Waals surface area contributed by atoms with Gasteiger partial charge in [-0.05, 0) is 60.0 Å². The highest BCUT2D eigenvalue weighted by Gasteiger charge is 2.30. The molecule has 2 amide bonds. The van der Waals surface area contributed by atoms with Gasteiger partial charge in [0, 0.05) is 87.6 Å². The number of hydrogen-bond donors (Lipinski definition) is 1. The summed E-state index contributed by atoms with van der Waals surface area (Å²) < 4.78 is 39.2. The molecule has 5 heterocycles. The molecule has 1 aromatic carbocycles. The number of amides is 2. The van der Waals surface area contributed by atoms with Crippen LogP contribution in [0.2, 0.25) is 0 Å². The van der Waals surface area contributed by atoms with Crippen LogP contribution >= 0.6 is 0 Å². The van der Waals surface area contributed by atoms with Crippen LogP contribution in [0.3, 0.4) is 0 Å². The molecule has 0 saturated carbocycles. The number of benzene rings is 1. The Morgan fingerprint density at radius 3 is 2.42 bits per heavy atom. The van der Waals surface area contributed by atoms with Crippen molar-refractivity contribution in [3.63, 3.8) is 0 Å². The number of anilines is 2. The summed E-state index contributed by atoms with van der Waals surface area (Å²) >= 11 is 0. The van der Waals surface area contributed by atoms with Crippen LogP contribution in [0, 0.1) is 0 Å². The maximum absolute atomic E-state index is 13.1. The Balaban J connectivity index is 1.05. The molecule has 45 heavy (non-hydrogen) atoms. The van der Waals surface area contributed by atoms with Crippen molar-refractivity contribution in [2.45, 2.75) is 32.0 Å². The fourth-order valence-corrected chi connectivity index (χ4v) is 5.62. The predicted octanol–water partition coefficient (Wildman–Crippen LogP) is 4.78. The zero-order valence-electron chi connectivity index (χ0n) is 24.6. The lowest BCUT2D eigenvalue weighted by molar-refractivity contribution is -0.148. The van der Waals surface area contributed by atoms with Crippen molar-refractivity contribution in [1.82, 2.24) is 34.3 Å². The number of pyridine rings is 2. The minimum atomic E-state index is -4.35. The summed E-state index contributed by atoms with van der Waals surface area (Å²) in [6.07, 6.45) is 1.78. The molecule has 1 N–H and O–H groups in total. The molecule has 10 nitrogen and oxygen atoms in total. The predicted molar refractivity (Wildman–Crippen MR) is 163 cm³/mol. The molecule has 0 spiro atoms. The Morgan fingerprint density at radius 1 is 0.933 bits per heavy atom. The third-order valence-electron chi connectivity index (χ3n) is 8.07. The smallest absolute Gasteiger partial charge is 0.339 e. The van der Waals surface area contributed by atoms with Crippen molar-refractivity contribution in [3.8, 4) is 0 Å². The number of carbonyl (C=O) groups is 2. The van der Waals surface area contributed by atoms with Crippen molar-refractivity contribution in [3.05, 3.63) is 89.9 Å². The zero-order chi connectivity index (χ0) is 31.4. The first-order valence-electron chi connectivity index (χ1n) is 14.9. The Labute approximate surface area is 258 Å². The van der Waals surface area contributed by atoms with Crippen LogP contribution in [0.4, 0.5) is 24.8 Å². The number of piperazine rings is 1. The third kappa shape index (κ3) is 7.48. The highest BCUT2D eigenvalue weighted by molar-refractivity contribution is 5.94. The number of alkyl halides is 3. The van der Waals surface area contributed by atoms with E-state index in [1.54, 1.807) is 29.0 Å². The summed E-state index contributed by atoms with van der Waals surface area (Å²) in [6.45, 7) is 4.34. The van der Waals surface area contributed by atoms with Gasteiger partial charge in [0.2, 0.25) is 11.9 Å². The van der Waals surface area contributed by atoms with Crippen LogP contribution in [0.15, 0.2) is 73.2 Å². The van der Waals surface area contributed by atoms with Crippen molar-refractivity contribution in [2.75, 3.05) is 44.6 Å². The number of carbonyl (C=O) groups excluding carboxylic acids is 2. The van der Waals surface area contributed by atoms with Crippen LogP contribution in [0.1, 0.15) is 40.7 Å². The summed E-state index contributed by atoms with van der Waals surface area (Å²) in [5.41, 5.74) is 4.93. The molecule has 6 rings (SSSR count). The van der Waals surface area contributed by atoms with E-state index >= 15 is 0 Å². The van der Waals surface area contributed by atoms with Crippen LogP contribution in [0.5, 0.6) is 0 Å². The first-order valence-corrected chi connectivity index (χ1v) is 14.9. The molecule has 2 aliphatic rings. The lowest BCUT2D eigenvalue weighted by Crippen LogP contribution is -2.48. The van der Waals surface area contributed by atoms with Crippen LogP contribution in [-0.2, 0) is 11.3 Å². The second kappa shape index (κ2) is 13.1. The zero-order valence-corrected chi connectivity index (χ0v) is 24.6. The molecule has 0 unspecified atom stereocenters. The van der Waals surface area contributed by atoms with E-state index < -0.39 is 24.9 Å². The Kier molecular flexibility index (Phi) is 8.78. The standard InChI is InChI=1S/C32H33F3N8O2/c33-32(34,35)12-9-28(44)41-15-10-24(11-16-41)27-4-2-14-43-29(27)38-31(39-43)37-26-7-5-25(6-8-26)30(45)42-19-17-40(18-20-42)22-23-3-1-13-36-21-23/h1-8,10,13-14,21H,9,11-12,15-20,22H2,(H,37,39). The van der Waals surface area contributed by atoms with E-state index in [-0.39, 0.29) is 12.5 Å². The first-order chi connectivity index (χ1) is 21.7. The number of fused-ring (bicyclic) bond motifs is 1. The summed E-state index contributed by atoms with van der Waals surface area (Å²) in [7, 11) is 0. The summed E-state index contributed by atoms with van der Waals surface area (Å²) in [6, 6.07) is 15.0. The van der Waals surface area contributed by atoms with Gasteiger partial charge < -0.3 is 15.1 Å². The van der Waals surface area contributed by atoms with Gasteiger partial charge in [-0.3, -0.25) is 19.5 Å². The second-order valence-electron chi connectivity index (χ2n) is 11.2. The number of hydrogen-bond acceptors (Lipinski definition) is 7. The van der Waals surface area contributed by atoms with Crippen molar-refractivity contribution < 1.29 is 22.8 Å². The van der Waals surface area contributed by atoms with Gasteiger partial charge in [0.15, 0.2) is 5.65 Å². The highest BCUT2D eigenvalue weighted by atomic mass is 19.4. The van der Waals surface area contributed by atoms with E-state index in [1.165, 1.54) is 4.90 Å². The Hall–Kier alpha value is -4.78. The topological polar surface area (TPSA) is 99.0 Å². The van der Waals surface area contributed by atoms with E-state index in [9.17, 15) is 22.8 Å². The van der Waals surface area contributed by atoms with Crippen LogP contribution < -0.4 is 5.32 Å². The lowest BCUT2D eigenvalue weighted by Gasteiger charge is -2.34. The fraction of sp³-hybridized carbons (Fsp3) is 0.344. The average Bonchev–Trinajstić information content (AvgIpc) is 3.47.